The van der Waals surface area contributed by atoms with Crippen LogP contribution in [0, 0.1) is 0 Å². The summed E-state index contributed by atoms with van der Waals surface area (Å²) in [7, 11) is 0. The largest absolute Gasteiger partial charge is 0.449 e. The zero-order valence-corrected chi connectivity index (χ0v) is 8.71. The first-order chi connectivity index (χ1) is 7.36. The van der Waals surface area contributed by atoms with E-state index in [1.807, 2.05) is 30.4 Å². The molecule has 1 aliphatic rings. The van der Waals surface area contributed by atoms with Crippen LogP contribution in [0.2, 0.25) is 0 Å². The lowest BCUT2D eigenvalue weighted by Gasteiger charge is -2.08. The van der Waals surface area contributed by atoms with Crippen LogP contribution in [0.1, 0.15) is 5.56 Å². The third-order valence-electron chi connectivity index (χ3n) is 2.39. The first kappa shape index (κ1) is 8.80. The van der Waals surface area contributed by atoms with E-state index in [-0.39, 0.29) is 5.43 Å². The summed E-state index contributed by atoms with van der Waals surface area (Å²) in [6.07, 6.45) is 3.84. The van der Waals surface area contributed by atoms with Crippen molar-refractivity contribution in [2.45, 2.75) is 5.09 Å². The van der Waals surface area contributed by atoms with Gasteiger partial charge in [0.1, 0.15) is 5.58 Å². The summed E-state index contributed by atoms with van der Waals surface area (Å²) in [6, 6.07) is 7.36. The molecule has 0 fully saturated rings. The molecule has 1 aliphatic heterocycles. The average Bonchev–Trinajstić information content (AvgIpc) is 2.30. The first-order valence-electron chi connectivity index (χ1n) is 4.71. The van der Waals surface area contributed by atoms with Crippen LogP contribution < -0.4 is 5.43 Å². The summed E-state index contributed by atoms with van der Waals surface area (Å²) >= 11 is 1.56. The van der Waals surface area contributed by atoms with E-state index < -0.39 is 0 Å². The van der Waals surface area contributed by atoms with Crippen LogP contribution in [0.15, 0.2) is 44.6 Å². The van der Waals surface area contributed by atoms with E-state index in [1.54, 1.807) is 17.8 Å². The molecular formula is C12H8O2S. The highest BCUT2D eigenvalue weighted by molar-refractivity contribution is 7.99. The quantitative estimate of drug-likeness (QED) is 0.678. The van der Waals surface area contributed by atoms with E-state index in [0.717, 1.165) is 10.8 Å². The van der Waals surface area contributed by atoms with E-state index in [4.69, 9.17) is 4.42 Å². The van der Waals surface area contributed by atoms with Crippen LogP contribution in [0.4, 0.5) is 0 Å². The predicted molar refractivity (Wildman–Crippen MR) is 62.2 cm³/mol. The van der Waals surface area contributed by atoms with Crippen LogP contribution in [0.5, 0.6) is 0 Å². The third-order valence-corrected chi connectivity index (χ3v) is 3.32. The Morgan fingerprint density at radius 3 is 3.07 bits per heavy atom. The van der Waals surface area contributed by atoms with E-state index in [0.29, 0.717) is 16.5 Å². The molecule has 74 valence electrons. The maximum Gasteiger partial charge on any atom is 0.201 e. The maximum absolute atomic E-state index is 12.0. The topological polar surface area (TPSA) is 30.2 Å². The summed E-state index contributed by atoms with van der Waals surface area (Å²) in [5, 5.41) is 1.39. The normalized spacial score (nSPS) is 14.1. The Morgan fingerprint density at radius 1 is 1.27 bits per heavy atom. The average molecular weight is 216 g/mol. The van der Waals surface area contributed by atoms with Crippen molar-refractivity contribution in [3.63, 3.8) is 0 Å². The number of rotatable bonds is 0. The van der Waals surface area contributed by atoms with Crippen molar-refractivity contribution < 1.29 is 4.42 Å². The molecule has 2 nitrogen and oxygen atoms in total. The van der Waals surface area contributed by atoms with Crippen LogP contribution >= 0.6 is 11.8 Å². The van der Waals surface area contributed by atoms with Gasteiger partial charge >= 0.3 is 0 Å². The Labute approximate surface area is 90.6 Å². The summed E-state index contributed by atoms with van der Waals surface area (Å²) in [5.74, 6) is 0.869. The molecule has 0 amide bonds. The number of benzene rings is 1. The molecule has 0 saturated heterocycles. The van der Waals surface area contributed by atoms with E-state index in [9.17, 15) is 4.79 Å². The van der Waals surface area contributed by atoms with Crippen LogP contribution in [-0.4, -0.2) is 5.75 Å². The minimum absolute atomic E-state index is 0.0651. The Bertz CT molecular complexity index is 611. The van der Waals surface area contributed by atoms with Crippen LogP contribution in [-0.2, 0) is 0 Å². The molecule has 0 bridgehead atoms. The molecule has 2 heterocycles. The lowest BCUT2D eigenvalue weighted by Crippen LogP contribution is -2.08. The predicted octanol–water partition coefficient (Wildman–Crippen LogP) is 2.91. The fraction of sp³-hybridized carbons (Fsp3) is 0.0833. The molecular weight excluding hydrogens is 208 g/mol. The van der Waals surface area contributed by atoms with Crippen molar-refractivity contribution >= 4 is 28.8 Å². The lowest BCUT2D eigenvalue weighted by atomic mass is 10.1. The van der Waals surface area contributed by atoms with E-state index in [1.165, 1.54) is 0 Å². The van der Waals surface area contributed by atoms with Gasteiger partial charge in [-0.25, -0.2) is 0 Å². The number of fused-ring (bicyclic) bond motifs is 2. The monoisotopic (exact) mass is 216 g/mol. The summed E-state index contributed by atoms with van der Waals surface area (Å²) in [5.41, 5.74) is 1.42. The molecule has 0 spiro atoms. The molecule has 0 radical (unpaired) electrons. The van der Waals surface area contributed by atoms with Gasteiger partial charge in [-0.3, -0.25) is 4.79 Å². The van der Waals surface area contributed by atoms with Gasteiger partial charge in [-0.2, -0.15) is 0 Å². The number of thioether (sulfide) groups is 1. The summed E-state index contributed by atoms with van der Waals surface area (Å²) < 4.78 is 5.68. The fourth-order valence-electron chi connectivity index (χ4n) is 1.68. The highest BCUT2D eigenvalue weighted by atomic mass is 32.2. The van der Waals surface area contributed by atoms with Crippen molar-refractivity contribution in [2.75, 3.05) is 5.75 Å². The number of para-hydroxylation sites is 1. The summed E-state index contributed by atoms with van der Waals surface area (Å²) in [4.78, 5) is 12.0. The lowest BCUT2D eigenvalue weighted by molar-refractivity contribution is 0.497. The van der Waals surface area contributed by atoms with Gasteiger partial charge in [-0.15, -0.1) is 0 Å². The second-order valence-corrected chi connectivity index (χ2v) is 4.33. The Balaban J connectivity index is 2.48. The smallest absolute Gasteiger partial charge is 0.201 e. The zero-order valence-electron chi connectivity index (χ0n) is 7.90. The van der Waals surface area contributed by atoms with E-state index >= 15 is 0 Å². The Kier molecular flexibility index (Phi) is 1.92. The van der Waals surface area contributed by atoms with Gasteiger partial charge in [0, 0.05) is 5.75 Å². The molecule has 0 N–H and O–H groups in total. The minimum Gasteiger partial charge on any atom is -0.449 e. The van der Waals surface area contributed by atoms with Gasteiger partial charge < -0.3 is 4.42 Å². The standard InChI is InChI=1S/C12H8O2S/c13-11-8-4-1-2-6-10(8)14-12-9(11)5-3-7-15-12/h1-6H,7H2. The molecule has 0 saturated carbocycles. The van der Waals surface area contributed by atoms with Crippen molar-refractivity contribution in [2.24, 2.45) is 0 Å². The van der Waals surface area contributed by atoms with Crippen molar-refractivity contribution in [1.29, 1.82) is 0 Å². The Hall–Kier alpha value is -1.48. The number of hydrogen-bond donors (Lipinski definition) is 0. The molecule has 0 atom stereocenters. The van der Waals surface area contributed by atoms with Gasteiger partial charge in [0.2, 0.25) is 5.43 Å². The van der Waals surface area contributed by atoms with Gasteiger partial charge in [0.25, 0.3) is 0 Å². The number of hydrogen-bond acceptors (Lipinski definition) is 3. The van der Waals surface area contributed by atoms with Crippen LogP contribution in [0.25, 0.3) is 17.0 Å². The molecule has 0 unspecified atom stereocenters. The molecule has 3 rings (SSSR count). The zero-order chi connectivity index (χ0) is 10.3. The van der Waals surface area contributed by atoms with Gasteiger partial charge in [0.05, 0.1) is 10.9 Å². The molecule has 15 heavy (non-hydrogen) atoms. The maximum atomic E-state index is 12.0. The molecule has 1 aromatic heterocycles. The molecule has 1 aromatic carbocycles. The molecule has 3 heteroatoms. The van der Waals surface area contributed by atoms with Crippen molar-refractivity contribution in [1.82, 2.24) is 0 Å². The second-order valence-electron chi connectivity index (χ2n) is 3.34. The highest BCUT2D eigenvalue weighted by Gasteiger charge is 2.14. The van der Waals surface area contributed by atoms with Gasteiger partial charge in [0.15, 0.2) is 5.09 Å². The van der Waals surface area contributed by atoms with Crippen molar-refractivity contribution in [3.05, 3.63) is 46.1 Å². The van der Waals surface area contributed by atoms with Crippen LogP contribution in [0.3, 0.4) is 0 Å². The summed E-state index contributed by atoms with van der Waals surface area (Å²) in [6.45, 7) is 0. The highest BCUT2D eigenvalue weighted by Crippen LogP contribution is 2.28. The third kappa shape index (κ3) is 1.31. The van der Waals surface area contributed by atoms with E-state index in [2.05, 4.69) is 0 Å². The second kappa shape index (κ2) is 3.28. The van der Waals surface area contributed by atoms with Gasteiger partial charge in [-0.1, -0.05) is 30.0 Å². The first-order valence-corrected chi connectivity index (χ1v) is 5.70. The molecule has 2 aromatic rings. The Morgan fingerprint density at radius 2 is 2.13 bits per heavy atom. The fourth-order valence-corrected chi connectivity index (χ4v) is 2.49. The SMILES string of the molecule is O=c1c2c(oc3ccccc13)SCC=C2. The molecule has 0 aliphatic carbocycles. The van der Waals surface area contributed by atoms with Gasteiger partial charge in [-0.05, 0) is 18.2 Å². The van der Waals surface area contributed by atoms with Crippen molar-refractivity contribution in [3.8, 4) is 0 Å². The minimum atomic E-state index is 0.0651.